The Morgan fingerprint density at radius 3 is 2.69 bits per heavy atom. The molecule has 0 aliphatic carbocycles. The molecule has 4 heterocycles. The van der Waals surface area contributed by atoms with Gasteiger partial charge in [0, 0.05) is 25.9 Å². The maximum atomic E-state index is 12.7. The summed E-state index contributed by atoms with van der Waals surface area (Å²) in [4.78, 5) is 32.2. The van der Waals surface area contributed by atoms with E-state index < -0.39 is 5.97 Å². The van der Waals surface area contributed by atoms with E-state index in [1.807, 2.05) is 19.9 Å². The third kappa shape index (κ3) is 3.68. The molecule has 1 aromatic carbocycles. The van der Waals surface area contributed by atoms with Gasteiger partial charge in [0.15, 0.2) is 0 Å². The first kappa shape index (κ1) is 20.8. The van der Waals surface area contributed by atoms with Crippen molar-refractivity contribution in [3.63, 3.8) is 0 Å². The van der Waals surface area contributed by atoms with Crippen molar-refractivity contribution in [2.24, 2.45) is 0 Å². The number of aromatic nitrogens is 1. The highest BCUT2D eigenvalue weighted by Gasteiger charge is 2.34. The Kier molecular flexibility index (Phi) is 5.25. The number of fused-ring (bicyclic) bond motifs is 2. The highest BCUT2D eigenvalue weighted by molar-refractivity contribution is 6.01. The van der Waals surface area contributed by atoms with Gasteiger partial charge in [-0.2, -0.15) is 0 Å². The molecule has 0 bridgehead atoms. The smallest absolute Gasteiger partial charge is 0.323 e. The second-order valence-corrected chi connectivity index (χ2v) is 8.79. The van der Waals surface area contributed by atoms with Crippen LogP contribution in [0.4, 0.5) is 5.82 Å². The van der Waals surface area contributed by atoms with Crippen LogP contribution < -0.4 is 9.64 Å². The molecule has 3 aliphatic heterocycles. The van der Waals surface area contributed by atoms with Crippen molar-refractivity contribution in [3.8, 4) is 5.75 Å². The second-order valence-electron chi connectivity index (χ2n) is 8.79. The topological polar surface area (TPSA) is 92.2 Å². The fraction of sp³-hybridized carbons (Fsp3) is 0.458. The van der Waals surface area contributed by atoms with Crippen molar-refractivity contribution in [1.29, 1.82) is 0 Å². The van der Waals surface area contributed by atoms with Crippen LogP contribution in [0.25, 0.3) is 0 Å². The third-order valence-electron chi connectivity index (χ3n) is 6.71. The number of piperidine rings is 1. The minimum absolute atomic E-state index is 0.148. The summed E-state index contributed by atoms with van der Waals surface area (Å²) in [6.07, 6.45) is 1.92. The van der Waals surface area contributed by atoms with E-state index in [0.29, 0.717) is 24.5 Å². The standard InChI is InChI=1S/C24H27N3O5/c1-14-15(2)23(25-20-10-27(11-21(28)29)24(30)22(14)20)26-7-5-18(6-8-26)32-19-4-3-16-12-31-13-17(16)9-19/h3-4,9,18H,5-8,10-13H2,1-2H3,(H,28,29). The van der Waals surface area contributed by atoms with E-state index in [0.717, 1.165) is 48.6 Å². The van der Waals surface area contributed by atoms with Crippen LogP contribution >= 0.6 is 0 Å². The van der Waals surface area contributed by atoms with Gasteiger partial charge in [0.05, 0.1) is 31.0 Å². The van der Waals surface area contributed by atoms with Gasteiger partial charge in [0.2, 0.25) is 0 Å². The molecule has 2 aromatic rings. The predicted octanol–water partition coefficient (Wildman–Crippen LogP) is 2.82. The first-order chi connectivity index (χ1) is 15.4. The van der Waals surface area contributed by atoms with Gasteiger partial charge in [-0.1, -0.05) is 6.07 Å². The van der Waals surface area contributed by atoms with E-state index in [9.17, 15) is 9.59 Å². The van der Waals surface area contributed by atoms with Gasteiger partial charge in [-0.25, -0.2) is 4.98 Å². The third-order valence-corrected chi connectivity index (χ3v) is 6.71. The molecule has 1 saturated heterocycles. The number of nitrogens with zero attached hydrogens (tertiary/aromatic N) is 3. The molecular weight excluding hydrogens is 410 g/mol. The summed E-state index contributed by atoms with van der Waals surface area (Å²) in [5, 5.41) is 9.09. The van der Waals surface area contributed by atoms with E-state index >= 15 is 0 Å². The van der Waals surface area contributed by atoms with Crippen molar-refractivity contribution < 1.29 is 24.2 Å². The number of amides is 1. The molecule has 32 heavy (non-hydrogen) atoms. The summed E-state index contributed by atoms with van der Waals surface area (Å²) in [5.74, 6) is 0.527. The van der Waals surface area contributed by atoms with Gasteiger partial charge >= 0.3 is 5.97 Å². The molecule has 5 rings (SSSR count). The monoisotopic (exact) mass is 437 g/mol. The second kappa shape index (κ2) is 8.09. The predicted molar refractivity (Wildman–Crippen MR) is 117 cm³/mol. The molecule has 1 N–H and O–H groups in total. The maximum Gasteiger partial charge on any atom is 0.323 e. The number of carboxylic acid groups (broad SMARTS) is 1. The SMILES string of the molecule is Cc1c(N2CCC(Oc3ccc4c(c3)COC4)CC2)nc2c(c1C)C(=O)N(CC(=O)O)C2. The zero-order valence-corrected chi connectivity index (χ0v) is 18.4. The van der Waals surface area contributed by atoms with Crippen LogP contribution in [0.1, 0.15) is 51.1 Å². The lowest BCUT2D eigenvalue weighted by atomic mass is 10.0. The molecule has 8 heteroatoms. The number of rotatable bonds is 5. The summed E-state index contributed by atoms with van der Waals surface area (Å²) in [6.45, 7) is 6.82. The fourth-order valence-corrected chi connectivity index (χ4v) is 4.85. The van der Waals surface area contributed by atoms with Crippen molar-refractivity contribution in [3.05, 3.63) is 51.7 Å². The highest BCUT2D eigenvalue weighted by atomic mass is 16.5. The number of aliphatic carboxylic acids is 1. The fourth-order valence-electron chi connectivity index (χ4n) is 4.85. The summed E-state index contributed by atoms with van der Waals surface area (Å²) in [5.41, 5.74) is 5.55. The van der Waals surface area contributed by atoms with E-state index in [-0.39, 0.29) is 25.1 Å². The number of pyridine rings is 1. The highest BCUT2D eigenvalue weighted by Crippen LogP contribution is 2.33. The van der Waals surface area contributed by atoms with Crippen LogP contribution in [0, 0.1) is 13.8 Å². The lowest BCUT2D eigenvalue weighted by Gasteiger charge is -2.34. The number of anilines is 1. The molecule has 168 valence electrons. The quantitative estimate of drug-likeness (QED) is 0.769. The van der Waals surface area contributed by atoms with Crippen LogP contribution in [0.2, 0.25) is 0 Å². The van der Waals surface area contributed by atoms with Crippen LogP contribution in [-0.2, 0) is 29.3 Å². The number of hydrogen-bond donors (Lipinski definition) is 1. The van der Waals surface area contributed by atoms with Crippen LogP contribution in [0.15, 0.2) is 18.2 Å². The largest absolute Gasteiger partial charge is 0.490 e. The van der Waals surface area contributed by atoms with Gasteiger partial charge < -0.3 is 24.4 Å². The molecule has 0 unspecified atom stereocenters. The first-order valence-electron chi connectivity index (χ1n) is 11.0. The maximum absolute atomic E-state index is 12.7. The van der Waals surface area contributed by atoms with Crippen LogP contribution in [0.5, 0.6) is 5.75 Å². The molecule has 0 spiro atoms. The molecule has 1 fully saturated rings. The van der Waals surface area contributed by atoms with Gasteiger partial charge in [0.25, 0.3) is 5.91 Å². The zero-order chi connectivity index (χ0) is 22.4. The summed E-state index contributed by atoms with van der Waals surface area (Å²) in [7, 11) is 0. The van der Waals surface area contributed by atoms with E-state index in [2.05, 4.69) is 17.0 Å². The van der Waals surface area contributed by atoms with Crippen LogP contribution in [-0.4, -0.2) is 52.6 Å². The summed E-state index contributed by atoms with van der Waals surface area (Å²) >= 11 is 0. The Balaban J connectivity index is 1.28. The molecule has 8 nitrogen and oxygen atoms in total. The number of ether oxygens (including phenoxy) is 2. The minimum atomic E-state index is -1.02. The Hall–Kier alpha value is -3.13. The Morgan fingerprint density at radius 2 is 1.94 bits per heavy atom. The Bertz CT molecular complexity index is 1090. The molecule has 1 amide bonds. The average molecular weight is 437 g/mol. The Morgan fingerprint density at radius 1 is 1.19 bits per heavy atom. The molecule has 0 atom stereocenters. The summed E-state index contributed by atoms with van der Waals surface area (Å²) in [6, 6.07) is 6.20. The molecule has 0 radical (unpaired) electrons. The number of carboxylic acids is 1. The van der Waals surface area contributed by atoms with Gasteiger partial charge in [0.1, 0.15) is 24.2 Å². The van der Waals surface area contributed by atoms with Crippen LogP contribution in [0.3, 0.4) is 0 Å². The first-order valence-corrected chi connectivity index (χ1v) is 11.0. The van der Waals surface area contributed by atoms with Crippen molar-refractivity contribution in [2.75, 3.05) is 24.5 Å². The average Bonchev–Trinajstić information content (AvgIpc) is 3.35. The van der Waals surface area contributed by atoms with Crippen molar-refractivity contribution in [1.82, 2.24) is 9.88 Å². The minimum Gasteiger partial charge on any atom is -0.490 e. The number of benzene rings is 1. The number of carbonyl (C=O) groups is 2. The summed E-state index contributed by atoms with van der Waals surface area (Å²) < 4.78 is 11.7. The van der Waals surface area contributed by atoms with E-state index in [1.165, 1.54) is 16.0 Å². The zero-order valence-electron chi connectivity index (χ0n) is 18.4. The molecule has 0 saturated carbocycles. The molecule has 1 aromatic heterocycles. The van der Waals surface area contributed by atoms with Gasteiger partial charge in [-0.3, -0.25) is 9.59 Å². The van der Waals surface area contributed by atoms with Gasteiger partial charge in [-0.15, -0.1) is 0 Å². The molecular formula is C24H27N3O5. The number of hydrogen-bond acceptors (Lipinski definition) is 6. The Labute approximate surface area is 186 Å². The normalized spacial score (nSPS) is 18.1. The lowest BCUT2D eigenvalue weighted by Crippen LogP contribution is -2.39. The molecule has 3 aliphatic rings. The lowest BCUT2D eigenvalue weighted by molar-refractivity contribution is -0.137. The van der Waals surface area contributed by atoms with Gasteiger partial charge in [-0.05, 0) is 48.2 Å². The van der Waals surface area contributed by atoms with E-state index in [1.54, 1.807) is 0 Å². The van der Waals surface area contributed by atoms with Crippen molar-refractivity contribution in [2.45, 2.75) is 52.6 Å². The van der Waals surface area contributed by atoms with Crippen molar-refractivity contribution >= 4 is 17.7 Å². The van der Waals surface area contributed by atoms with E-state index in [4.69, 9.17) is 19.6 Å². The number of carbonyl (C=O) groups excluding carboxylic acids is 1.